The molecule has 34 heavy (non-hydrogen) atoms. The molecule has 4 aliphatic carbocycles. The van der Waals surface area contributed by atoms with Gasteiger partial charge in [-0.2, -0.15) is 0 Å². The Hall–Kier alpha value is -0.820. The first-order valence-corrected chi connectivity index (χ1v) is 13.9. The van der Waals surface area contributed by atoms with Crippen molar-refractivity contribution in [3.05, 3.63) is 0 Å². The van der Waals surface area contributed by atoms with E-state index in [1.165, 1.54) is 0 Å². The van der Waals surface area contributed by atoms with E-state index in [4.69, 9.17) is 9.47 Å². The van der Waals surface area contributed by atoms with Crippen molar-refractivity contribution in [2.24, 2.45) is 40.4 Å². The zero-order valence-electron chi connectivity index (χ0n) is 21.5. The molecule has 1 heterocycles. The summed E-state index contributed by atoms with van der Waals surface area (Å²) in [5.41, 5.74) is -0.263. The van der Waals surface area contributed by atoms with Crippen LogP contribution in [0.4, 0.5) is 0 Å². The minimum atomic E-state index is -0.435. The van der Waals surface area contributed by atoms with Crippen molar-refractivity contribution in [3.63, 3.8) is 0 Å². The zero-order chi connectivity index (χ0) is 24.1. The number of aliphatic hydroxyl groups is 1. The third kappa shape index (κ3) is 4.21. The first kappa shape index (κ1) is 24.9. The van der Waals surface area contributed by atoms with Crippen LogP contribution in [0.5, 0.6) is 0 Å². The summed E-state index contributed by atoms with van der Waals surface area (Å²) < 4.78 is 11.7. The number of carbonyl (C=O) groups is 2. The molecule has 9 atom stereocenters. The molecule has 1 N–H and O–H groups in total. The maximum absolute atomic E-state index is 13.8. The highest BCUT2D eigenvalue weighted by atomic mass is 16.5. The van der Waals surface area contributed by atoms with Crippen molar-refractivity contribution in [2.45, 2.75) is 84.3 Å². The lowest BCUT2D eigenvalue weighted by molar-refractivity contribution is -0.180. The lowest BCUT2D eigenvalue weighted by Crippen LogP contribution is -2.60. The Morgan fingerprint density at radius 2 is 1.91 bits per heavy atom. The number of morpholine rings is 1. The topological polar surface area (TPSA) is 76.1 Å². The van der Waals surface area contributed by atoms with E-state index < -0.39 is 6.10 Å². The highest BCUT2D eigenvalue weighted by Gasteiger charge is 2.64. The van der Waals surface area contributed by atoms with E-state index in [1.807, 2.05) is 0 Å². The molecule has 5 rings (SSSR count). The van der Waals surface area contributed by atoms with Crippen molar-refractivity contribution in [1.29, 1.82) is 0 Å². The summed E-state index contributed by atoms with van der Waals surface area (Å²) in [5.74, 6) is 1.99. The normalized spacial score (nSPS) is 47.1. The summed E-state index contributed by atoms with van der Waals surface area (Å²) in [6.07, 6.45) is 6.61. The van der Waals surface area contributed by atoms with Gasteiger partial charge in [0.25, 0.3) is 0 Å². The van der Waals surface area contributed by atoms with Crippen molar-refractivity contribution >= 4 is 11.6 Å². The van der Waals surface area contributed by atoms with Gasteiger partial charge in [-0.15, -0.1) is 0 Å². The van der Waals surface area contributed by atoms with Gasteiger partial charge in [-0.1, -0.05) is 13.8 Å². The number of nitrogens with zero attached hydrogens (tertiary/aromatic N) is 1. The van der Waals surface area contributed by atoms with Crippen LogP contribution in [0.3, 0.4) is 0 Å². The third-order valence-electron chi connectivity index (χ3n) is 10.9. The molecular weight excluding hydrogens is 430 g/mol. The molecule has 1 saturated heterocycles. The number of hydrogen-bond acceptors (Lipinski definition) is 6. The monoisotopic (exact) mass is 475 g/mol. The molecule has 5 aliphatic rings. The zero-order valence-corrected chi connectivity index (χ0v) is 21.5. The van der Waals surface area contributed by atoms with Gasteiger partial charge in [0.1, 0.15) is 11.6 Å². The molecule has 0 radical (unpaired) electrons. The number of hydrogen-bond donors (Lipinski definition) is 1. The van der Waals surface area contributed by atoms with E-state index >= 15 is 0 Å². The molecule has 0 aromatic heterocycles. The van der Waals surface area contributed by atoms with Crippen molar-refractivity contribution < 1.29 is 24.2 Å². The SMILES string of the molecule is CC(=O)[C@H]1CC[C@H]2[C@@H]3CC[C@H]4C[C@H](O)[C@@H](OCCCN5CCOCC5)C[C@]4(C)[C@H]3C(=O)C[C@]12C. The van der Waals surface area contributed by atoms with Gasteiger partial charge in [-0.3, -0.25) is 14.5 Å². The Morgan fingerprint density at radius 3 is 2.65 bits per heavy atom. The molecule has 4 saturated carbocycles. The maximum atomic E-state index is 13.8. The average Bonchev–Trinajstić information content (AvgIpc) is 3.14. The van der Waals surface area contributed by atoms with Crippen LogP contribution in [-0.2, 0) is 19.1 Å². The summed E-state index contributed by atoms with van der Waals surface area (Å²) in [7, 11) is 0. The molecule has 0 bridgehead atoms. The first-order valence-electron chi connectivity index (χ1n) is 13.9. The largest absolute Gasteiger partial charge is 0.390 e. The van der Waals surface area contributed by atoms with E-state index in [-0.39, 0.29) is 34.6 Å². The molecular formula is C28H45NO5. The van der Waals surface area contributed by atoms with Gasteiger partial charge in [0.15, 0.2) is 0 Å². The highest BCUT2D eigenvalue weighted by Crippen LogP contribution is 2.66. The molecule has 0 amide bonds. The van der Waals surface area contributed by atoms with Crippen LogP contribution in [0, 0.1) is 40.4 Å². The first-order chi connectivity index (χ1) is 16.2. The van der Waals surface area contributed by atoms with E-state index in [0.717, 1.165) is 77.8 Å². The van der Waals surface area contributed by atoms with Gasteiger partial charge in [0.2, 0.25) is 0 Å². The molecule has 0 unspecified atom stereocenters. The van der Waals surface area contributed by atoms with E-state index in [1.54, 1.807) is 6.92 Å². The van der Waals surface area contributed by atoms with Gasteiger partial charge < -0.3 is 14.6 Å². The quantitative estimate of drug-likeness (QED) is 0.593. The van der Waals surface area contributed by atoms with Crippen LogP contribution in [0.15, 0.2) is 0 Å². The fourth-order valence-corrected chi connectivity index (χ4v) is 9.26. The molecule has 1 aliphatic heterocycles. The number of ketones is 2. The van der Waals surface area contributed by atoms with Crippen LogP contribution in [0.1, 0.15) is 72.1 Å². The Labute approximate surface area is 205 Å². The second-order valence-electron chi connectivity index (χ2n) is 12.6. The second-order valence-corrected chi connectivity index (χ2v) is 12.6. The lowest BCUT2D eigenvalue weighted by atomic mass is 9.44. The van der Waals surface area contributed by atoms with E-state index in [2.05, 4.69) is 18.7 Å². The summed E-state index contributed by atoms with van der Waals surface area (Å²) in [6.45, 7) is 11.5. The van der Waals surface area contributed by atoms with E-state index in [0.29, 0.717) is 36.6 Å². The number of Topliss-reactive ketones (excluding diaryl/α,β-unsaturated/α-hetero) is 2. The van der Waals surface area contributed by atoms with Crippen LogP contribution >= 0.6 is 0 Å². The van der Waals surface area contributed by atoms with Crippen LogP contribution in [-0.4, -0.2) is 73.2 Å². The standard InChI is InChI=1S/C28H45NO5/c1-18(30)21-7-8-22-20-6-5-19-15-23(31)25(34-12-4-9-29-10-13-33-14-11-29)17-27(19,2)26(20)24(32)16-28(21,22)3/h19-23,25-26,31H,4-17H2,1-3H3/t19-,20-,21+,22-,23-,25-,26+,27-,28+/m0/s1. The molecule has 5 fully saturated rings. The molecule has 6 nitrogen and oxygen atoms in total. The van der Waals surface area contributed by atoms with Crippen LogP contribution in [0.2, 0.25) is 0 Å². The fourth-order valence-electron chi connectivity index (χ4n) is 9.26. The smallest absolute Gasteiger partial charge is 0.137 e. The maximum Gasteiger partial charge on any atom is 0.137 e. The Morgan fingerprint density at radius 1 is 1.15 bits per heavy atom. The number of aliphatic hydroxyl groups excluding tert-OH is 1. The number of ether oxygens (including phenoxy) is 2. The Kier molecular flexibility index (Phi) is 7.00. The number of fused-ring (bicyclic) bond motifs is 5. The number of carbonyl (C=O) groups excluding carboxylic acids is 2. The average molecular weight is 476 g/mol. The summed E-state index contributed by atoms with van der Waals surface area (Å²) >= 11 is 0. The molecule has 0 aromatic rings. The van der Waals surface area contributed by atoms with Crippen molar-refractivity contribution in [2.75, 3.05) is 39.5 Å². The molecule has 192 valence electrons. The minimum Gasteiger partial charge on any atom is -0.390 e. The predicted molar refractivity (Wildman–Crippen MR) is 129 cm³/mol. The van der Waals surface area contributed by atoms with Gasteiger partial charge in [-0.05, 0) is 80.5 Å². The molecule has 0 spiro atoms. The van der Waals surface area contributed by atoms with Crippen LogP contribution < -0.4 is 0 Å². The van der Waals surface area contributed by atoms with Gasteiger partial charge >= 0.3 is 0 Å². The highest BCUT2D eigenvalue weighted by molar-refractivity contribution is 5.87. The van der Waals surface area contributed by atoms with Crippen LogP contribution in [0.25, 0.3) is 0 Å². The molecule has 0 aromatic carbocycles. The van der Waals surface area contributed by atoms with Crippen molar-refractivity contribution in [1.82, 2.24) is 4.90 Å². The summed E-state index contributed by atoms with van der Waals surface area (Å²) in [5, 5.41) is 10.9. The lowest BCUT2D eigenvalue weighted by Gasteiger charge is -2.60. The Balaban J connectivity index is 1.26. The second kappa shape index (κ2) is 9.57. The minimum absolute atomic E-state index is 0.0451. The summed E-state index contributed by atoms with van der Waals surface area (Å²) in [4.78, 5) is 28.6. The number of rotatable bonds is 6. The van der Waals surface area contributed by atoms with E-state index in [9.17, 15) is 14.7 Å². The van der Waals surface area contributed by atoms with Gasteiger partial charge in [0.05, 0.1) is 25.4 Å². The van der Waals surface area contributed by atoms with Gasteiger partial charge in [-0.25, -0.2) is 0 Å². The Bertz CT molecular complexity index is 781. The molecule has 6 heteroatoms. The third-order valence-corrected chi connectivity index (χ3v) is 10.9. The van der Waals surface area contributed by atoms with Gasteiger partial charge in [0, 0.05) is 44.5 Å². The fraction of sp³-hybridized carbons (Fsp3) is 0.929. The summed E-state index contributed by atoms with van der Waals surface area (Å²) in [6, 6.07) is 0. The van der Waals surface area contributed by atoms with Crippen molar-refractivity contribution in [3.8, 4) is 0 Å². The predicted octanol–water partition coefficient (Wildman–Crippen LogP) is 3.49.